The summed E-state index contributed by atoms with van der Waals surface area (Å²) >= 11 is 0. The Kier molecular flexibility index (Phi) is 3.29. The Labute approximate surface area is 102 Å². The van der Waals surface area contributed by atoms with Gasteiger partial charge in [0.25, 0.3) is 0 Å². The first-order chi connectivity index (χ1) is 8.12. The van der Waals surface area contributed by atoms with Gasteiger partial charge < -0.3 is 4.74 Å². The highest BCUT2D eigenvalue weighted by Gasteiger charge is 2.40. The number of carbonyl (C=O) groups is 1. The number of Topliss-reactive ketones (excluding diaryl/α,β-unsaturated/α-hetero) is 1. The fourth-order valence-corrected chi connectivity index (χ4v) is 2.46. The second-order valence-corrected chi connectivity index (χ2v) is 4.79. The van der Waals surface area contributed by atoms with Gasteiger partial charge in [-0.25, -0.2) is 0 Å². The van der Waals surface area contributed by atoms with E-state index in [1.165, 1.54) is 5.56 Å². The Morgan fingerprint density at radius 3 is 3.06 bits per heavy atom. The minimum absolute atomic E-state index is 0.0869. The van der Waals surface area contributed by atoms with Gasteiger partial charge in [-0.2, -0.15) is 0 Å². The van der Waals surface area contributed by atoms with E-state index in [4.69, 9.17) is 4.74 Å². The molecule has 0 saturated heterocycles. The Hall–Kier alpha value is -1.22. The van der Waals surface area contributed by atoms with Crippen LogP contribution in [0.2, 0.25) is 0 Å². The fourth-order valence-electron chi connectivity index (χ4n) is 2.46. The molecule has 0 N–H and O–H groups in total. The van der Waals surface area contributed by atoms with Crippen LogP contribution in [0.25, 0.3) is 0 Å². The van der Waals surface area contributed by atoms with Crippen LogP contribution in [0.1, 0.15) is 43.9 Å². The number of aromatic nitrogens is 1. The molecule has 1 aliphatic carbocycles. The maximum Gasteiger partial charge on any atom is 0.173 e. The summed E-state index contributed by atoms with van der Waals surface area (Å²) in [6.45, 7) is 3.85. The number of hydrogen-bond acceptors (Lipinski definition) is 3. The summed E-state index contributed by atoms with van der Waals surface area (Å²) in [5.41, 5.74) is 1.48. The first-order valence-corrected chi connectivity index (χ1v) is 6.15. The zero-order valence-electron chi connectivity index (χ0n) is 10.7. The number of nitrogens with zero attached hydrogens (tertiary/aromatic N) is 1. The van der Waals surface area contributed by atoms with Crippen LogP contribution in [-0.2, 0) is 16.0 Å². The molecule has 0 fully saturated rings. The van der Waals surface area contributed by atoms with E-state index in [1.54, 1.807) is 13.3 Å². The van der Waals surface area contributed by atoms with Crippen LogP contribution in [-0.4, -0.2) is 23.5 Å². The van der Waals surface area contributed by atoms with Crippen LogP contribution < -0.4 is 0 Å². The number of ketones is 1. The van der Waals surface area contributed by atoms with E-state index in [9.17, 15) is 4.79 Å². The molecule has 0 radical (unpaired) electrons. The first kappa shape index (κ1) is 12.2. The molecule has 1 heterocycles. The van der Waals surface area contributed by atoms with Gasteiger partial charge in [0.05, 0.1) is 11.6 Å². The molecule has 0 aromatic carbocycles. The van der Waals surface area contributed by atoms with Crippen LogP contribution in [0.15, 0.2) is 18.3 Å². The van der Waals surface area contributed by atoms with Gasteiger partial charge >= 0.3 is 0 Å². The standard InChI is InChI=1S/C14H19NO2/c1-4-14(2,17-3)13(16)11-8-7-10-6-5-9-15-12(10)11/h5-6,9,11H,4,7-8H2,1-3H3. The highest BCUT2D eigenvalue weighted by Crippen LogP contribution is 2.36. The Morgan fingerprint density at radius 1 is 1.65 bits per heavy atom. The number of fused-ring (bicyclic) bond motifs is 1. The van der Waals surface area contributed by atoms with E-state index >= 15 is 0 Å². The largest absolute Gasteiger partial charge is 0.371 e. The lowest BCUT2D eigenvalue weighted by Gasteiger charge is -2.28. The second-order valence-electron chi connectivity index (χ2n) is 4.79. The van der Waals surface area contributed by atoms with Gasteiger partial charge in [-0.1, -0.05) is 13.0 Å². The summed E-state index contributed by atoms with van der Waals surface area (Å²) in [6, 6.07) is 3.99. The van der Waals surface area contributed by atoms with E-state index in [-0.39, 0.29) is 11.7 Å². The van der Waals surface area contributed by atoms with Crippen LogP contribution in [0.5, 0.6) is 0 Å². The summed E-state index contributed by atoms with van der Waals surface area (Å²) in [5, 5.41) is 0. The zero-order chi connectivity index (χ0) is 12.5. The molecule has 0 amide bonds. The van der Waals surface area contributed by atoms with Crippen molar-refractivity contribution in [3.63, 3.8) is 0 Å². The number of rotatable bonds is 4. The third-order valence-electron chi connectivity index (χ3n) is 3.92. The number of carbonyl (C=O) groups excluding carboxylic acids is 1. The molecule has 2 atom stereocenters. The van der Waals surface area contributed by atoms with Crippen molar-refractivity contribution in [1.82, 2.24) is 4.98 Å². The van der Waals surface area contributed by atoms with Crippen molar-refractivity contribution in [2.24, 2.45) is 0 Å². The lowest BCUT2D eigenvalue weighted by molar-refractivity contribution is -0.141. The van der Waals surface area contributed by atoms with Crippen molar-refractivity contribution in [3.05, 3.63) is 29.6 Å². The molecule has 3 nitrogen and oxygen atoms in total. The number of aryl methyl sites for hydroxylation is 1. The van der Waals surface area contributed by atoms with Crippen molar-refractivity contribution >= 4 is 5.78 Å². The van der Waals surface area contributed by atoms with Gasteiger partial charge in [0.15, 0.2) is 5.78 Å². The van der Waals surface area contributed by atoms with Crippen molar-refractivity contribution in [2.45, 2.75) is 44.6 Å². The molecule has 2 unspecified atom stereocenters. The van der Waals surface area contributed by atoms with Gasteiger partial charge in [0.2, 0.25) is 0 Å². The molecule has 3 heteroatoms. The molecular formula is C14H19NO2. The van der Waals surface area contributed by atoms with Crippen molar-refractivity contribution in [3.8, 4) is 0 Å². The fraction of sp³-hybridized carbons (Fsp3) is 0.571. The molecule has 2 rings (SSSR count). The normalized spacial score (nSPS) is 21.9. The highest BCUT2D eigenvalue weighted by molar-refractivity contribution is 5.93. The van der Waals surface area contributed by atoms with Crippen LogP contribution >= 0.6 is 0 Å². The molecule has 1 aromatic rings. The summed E-state index contributed by atoms with van der Waals surface area (Å²) in [6.07, 6.45) is 4.27. The second kappa shape index (κ2) is 4.57. The van der Waals surface area contributed by atoms with Crippen molar-refractivity contribution in [2.75, 3.05) is 7.11 Å². The minimum Gasteiger partial charge on any atom is -0.371 e. The van der Waals surface area contributed by atoms with E-state index in [0.29, 0.717) is 6.42 Å². The summed E-state index contributed by atoms with van der Waals surface area (Å²) in [7, 11) is 1.61. The SMILES string of the molecule is CCC(C)(OC)C(=O)C1CCc2cccnc21. The lowest BCUT2D eigenvalue weighted by atomic mass is 9.86. The maximum atomic E-state index is 12.5. The monoisotopic (exact) mass is 233 g/mol. The topological polar surface area (TPSA) is 39.2 Å². The predicted molar refractivity (Wildman–Crippen MR) is 66.0 cm³/mol. The van der Waals surface area contributed by atoms with E-state index in [2.05, 4.69) is 11.1 Å². The van der Waals surface area contributed by atoms with Crippen LogP contribution in [0.4, 0.5) is 0 Å². The zero-order valence-corrected chi connectivity index (χ0v) is 10.7. The van der Waals surface area contributed by atoms with Crippen LogP contribution in [0, 0.1) is 0 Å². The average Bonchev–Trinajstić information content (AvgIpc) is 2.80. The highest BCUT2D eigenvalue weighted by atomic mass is 16.5. The summed E-state index contributed by atoms with van der Waals surface area (Å²) in [5.74, 6) is 0.0797. The smallest absolute Gasteiger partial charge is 0.173 e. The molecule has 0 bridgehead atoms. The maximum absolute atomic E-state index is 12.5. The molecule has 0 aliphatic heterocycles. The number of hydrogen-bond donors (Lipinski definition) is 0. The number of methoxy groups -OCH3 is 1. The minimum atomic E-state index is -0.677. The van der Waals surface area contributed by atoms with Gasteiger partial charge in [0, 0.05) is 13.3 Å². The number of pyridine rings is 1. The molecule has 92 valence electrons. The lowest BCUT2D eigenvalue weighted by Crippen LogP contribution is -2.40. The van der Waals surface area contributed by atoms with Crippen molar-refractivity contribution < 1.29 is 9.53 Å². The molecule has 0 spiro atoms. The average molecular weight is 233 g/mol. The number of ether oxygens (including phenoxy) is 1. The summed E-state index contributed by atoms with van der Waals surface area (Å²) in [4.78, 5) is 16.9. The Balaban J connectivity index is 2.29. The Bertz CT molecular complexity index is 424. The van der Waals surface area contributed by atoms with E-state index in [0.717, 1.165) is 18.5 Å². The van der Waals surface area contributed by atoms with Gasteiger partial charge in [-0.15, -0.1) is 0 Å². The third-order valence-corrected chi connectivity index (χ3v) is 3.92. The Morgan fingerprint density at radius 2 is 2.41 bits per heavy atom. The van der Waals surface area contributed by atoms with Gasteiger partial charge in [-0.3, -0.25) is 9.78 Å². The molecule has 1 aliphatic rings. The first-order valence-electron chi connectivity index (χ1n) is 6.15. The van der Waals surface area contributed by atoms with Crippen molar-refractivity contribution in [1.29, 1.82) is 0 Å². The van der Waals surface area contributed by atoms with Gasteiger partial charge in [0.1, 0.15) is 5.60 Å². The van der Waals surface area contributed by atoms with E-state index in [1.807, 2.05) is 19.9 Å². The molecule has 17 heavy (non-hydrogen) atoms. The quantitative estimate of drug-likeness (QED) is 0.802. The molecule has 1 aromatic heterocycles. The van der Waals surface area contributed by atoms with Crippen LogP contribution in [0.3, 0.4) is 0 Å². The third kappa shape index (κ3) is 2.00. The predicted octanol–water partition coefficient (Wildman–Crippen LogP) is 2.50. The molecular weight excluding hydrogens is 214 g/mol. The summed E-state index contributed by atoms with van der Waals surface area (Å²) < 4.78 is 5.40. The van der Waals surface area contributed by atoms with E-state index < -0.39 is 5.60 Å². The van der Waals surface area contributed by atoms with Gasteiger partial charge in [-0.05, 0) is 37.8 Å². The molecule has 0 saturated carbocycles.